The summed E-state index contributed by atoms with van der Waals surface area (Å²) in [4.78, 5) is 15.8. The van der Waals surface area contributed by atoms with Crippen molar-refractivity contribution in [3.8, 4) is 0 Å². The fraction of sp³-hybridized carbons (Fsp3) is 0.688. The van der Waals surface area contributed by atoms with Crippen molar-refractivity contribution in [2.24, 2.45) is 5.73 Å². The monoisotopic (exact) mass is 311 g/mol. The van der Waals surface area contributed by atoms with Crippen molar-refractivity contribution in [1.29, 1.82) is 0 Å². The summed E-state index contributed by atoms with van der Waals surface area (Å²) in [6.07, 6.45) is 0.442. The zero-order valence-electron chi connectivity index (χ0n) is 13.8. The molecule has 3 N–H and O–H groups in total. The van der Waals surface area contributed by atoms with Crippen molar-refractivity contribution in [3.05, 3.63) is 22.4 Å². The number of hydrogen-bond acceptors (Lipinski definition) is 4. The zero-order valence-corrected chi connectivity index (χ0v) is 14.7. The van der Waals surface area contributed by atoms with Crippen molar-refractivity contribution < 1.29 is 4.79 Å². The topological polar surface area (TPSA) is 58.4 Å². The maximum absolute atomic E-state index is 12.2. The molecule has 1 heterocycles. The van der Waals surface area contributed by atoms with Crippen molar-refractivity contribution in [2.75, 3.05) is 6.54 Å². The first kappa shape index (κ1) is 18.1. The Morgan fingerprint density at radius 1 is 1.43 bits per heavy atom. The molecule has 21 heavy (non-hydrogen) atoms. The van der Waals surface area contributed by atoms with Crippen LogP contribution in [-0.2, 0) is 11.3 Å². The average molecular weight is 311 g/mol. The number of carbonyl (C=O) groups excluding carboxylic acids is 1. The number of nitrogens with zero attached hydrogens (tertiary/aromatic N) is 1. The van der Waals surface area contributed by atoms with Crippen LogP contribution in [0.3, 0.4) is 0 Å². The molecule has 0 bridgehead atoms. The summed E-state index contributed by atoms with van der Waals surface area (Å²) in [5.41, 5.74) is 5.73. The van der Waals surface area contributed by atoms with Crippen LogP contribution in [-0.4, -0.2) is 35.0 Å². The highest BCUT2D eigenvalue weighted by atomic mass is 32.1. The lowest BCUT2D eigenvalue weighted by Gasteiger charge is -2.34. The smallest absolute Gasteiger partial charge is 0.222 e. The van der Waals surface area contributed by atoms with E-state index in [9.17, 15) is 4.79 Å². The van der Waals surface area contributed by atoms with E-state index in [-0.39, 0.29) is 17.5 Å². The van der Waals surface area contributed by atoms with E-state index in [1.54, 1.807) is 11.3 Å². The first-order valence-electron chi connectivity index (χ1n) is 7.52. The van der Waals surface area contributed by atoms with Crippen LogP contribution < -0.4 is 11.1 Å². The van der Waals surface area contributed by atoms with E-state index in [0.717, 1.165) is 6.54 Å². The number of nitrogens with two attached hydrogens (primary N) is 1. The van der Waals surface area contributed by atoms with Crippen LogP contribution in [0.4, 0.5) is 0 Å². The van der Waals surface area contributed by atoms with E-state index in [0.29, 0.717) is 19.0 Å². The molecular formula is C16H29N3OS. The van der Waals surface area contributed by atoms with Crippen LogP contribution in [0.5, 0.6) is 0 Å². The average Bonchev–Trinajstić information content (AvgIpc) is 2.83. The Labute approximate surface area is 132 Å². The Bertz CT molecular complexity index is 423. The van der Waals surface area contributed by atoms with Crippen LogP contribution >= 0.6 is 11.3 Å². The molecule has 1 atom stereocenters. The fourth-order valence-electron chi connectivity index (χ4n) is 2.34. The fourth-order valence-corrected chi connectivity index (χ4v) is 3.05. The Balaban J connectivity index is 2.71. The first-order valence-corrected chi connectivity index (χ1v) is 8.40. The second-order valence-electron chi connectivity index (χ2n) is 6.74. The highest BCUT2D eigenvalue weighted by molar-refractivity contribution is 7.09. The summed E-state index contributed by atoms with van der Waals surface area (Å²) in [6.45, 7) is 11.6. The second kappa shape index (κ2) is 7.92. The van der Waals surface area contributed by atoms with E-state index >= 15 is 0 Å². The van der Waals surface area contributed by atoms with Crippen molar-refractivity contribution in [1.82, 2.24) is 10.2 Å². The van der Waals surface area contributed by atoms with Crippen LogP contribution in [0.15, 0.2) is 17.5 Å². The summed E-state index contributed by atoms with van der Waals surface area (Å²) in [5, 5.41) is 5.10. The molecule has 4 nitrogen and oxygen atoms in total. The molecule has 1 unspecified atom stereocenters. The quantitative estimate of drug-likeness (QED) is 0.814. The highest BCUT2D eigenvalue weighted by Crippen LogP contribution is 2.18. The Morgan fingerprint density at radius 3 is 2.52 bits per heavy atom. The molecule has 0 saturated heterocycles. The molecule has 1 aromatic heterocycles. The van der Waals surface area contributed by atoms with Gasteiger partial charge in [-0.05, 0) is 46.1 Å². The molecular weight excluding hydrogens is 282 g/mol. The molecule has 1 rings (SSSR count). The molecule has 1 aromatic rings. The number of thiophene rings is 1. The zero-order chi connectivity index (χ0) is 16.0. The predicted octanol–water partition coefficient (Wildman–Crippen LogP) is 2.59. The van der Waals surface area contributed by atoms with Gasteiger partial charge in [0.2, 0.25) is 5.91 Å². The molecule has 0 spiro atoms. The SMILES string of the molecule is CC(C)N(Cc1cccs1)C(CN)CC(=O)NC(C)(C)C. The van der Waals surface area contributed by atoms with Gasteiger partial charge >= 0.3 is 0 Å². The van der Waals surface area contributed by atoms with Gasteiger partial charge in [-0.15, -0.1) is 11.3 Å². The van der Waals surface area contributed by atoms with Crippen LogP contribution in [0.2, 0.25) is 0 Å². The first-order chi connectivity index (χ1) is 9.73. The third kappa shape index (κ3) is 6.59. The molecule has 0 aromatic carbocycles. The van der Waals surface area contributed by atoms with E-state index in [1.807, 2.05) is 20.8 Å². The van der Waals surface area contributed by atoms with Crippen molar-refractivity contribution >= 4 is 17.2 Å². The maximum Gasteiger partial charge on any atom is 0.222 e. The molecule has 1 amide bonds. The minimum absolute atomic E-state index is 0.0643. The molecule has 5 heteroatoms. The summed E-state index contributed by atoms with van der Waals surface area (Å²) in [6, 6.07) is 4.60. The van der Waals surface area contributed by atoms with E-state index in [2.05, 4.69) is 41.6 Å². The lowest BCUT2D eigenvalue weighted by Crippen LogP contribution is -2.49. The summed E-state index contributed by atoms with van der Waals surface area (Å²) >= 11 is 1.74. The van der Waals surface area contributed by atoms with Gasteiger partial charge in [0.1, 0.15) is 0 Å². The third-order valence-electron chi connectivity index (χ3n) is 3.26. The van der Waals surface area contributed by atoms with Crippen LogP contribution in [0, 0.1) is 0 Å². The largest absolute Gasteiger partial charge is 0.351 e. The van der Waals surface area contributed by atoms with Crippen molar-refractivity contribution in [2.45, 2.75) is 65.2 Å². The van der Waals surface area contributed by atoms with Gasteiger partial charge < -0.3 is 11.1 Å². The van der Waals surface area contributed by atoms with Gasteiger partial charge in [-0.2, -0.15) is 0 Å². The number of amides is 1. The molecule has 0 saturated carbocycles. The number of hydrogen-bond donors (Lipinski definition) is 2. The molecule has 0 aliphatic rings. The minimum Gasteiger partial charge on any atom is -0.351 e. The normalized spacial score (nSPS) is 13.7. The lowest BCUT2D eigenvalue weighted by molar-refractivity contribution is -0.123. The molecule has 120 valence electrons. The number of nitrogens with one attached hydrogen (secondary N) is 1. The molecule has 0 aliphatic carbocycles. The van der Waals surface area contributed by atoms with Crippen LogP contribution in [0.1, 0.15) is 45.9 Å². The standard InChI is InChI=1S/C16H29N3OS/c1-12(2)19(11-14-7-6-8-21-14)13(10-17)9-15(20)18-16(3,4)5/h6-8,12-13H,9-11,17H2,1-5H3,(H,18,20). The Kier molecular flexibility index (Phi) is 6.84. The summed E-state index contributed by atoms with van der Waals surface area (Å²) in [5.74, 6) is 0.0646. The van der Waals surface area contributed by atoms with Gasteiger partial charge in [0, 0.05) is 42.0 Å². The summed E-state index contributed by atoms with van der Waals surface area (Å²) in [7, 11) is 0. The van der Waals surface area contributed by atoms with Crippen LogP contribution in [0.25, 0.3) is 0 Å². The second-order valence-corrected chi connectivity index (χ2v) is 7.77. The molecule has 0 aliphatic heterocycles. The number of rotatable bonds is 7. The Morgan fingerprint density at radius 2 is 2.10 bits per heavy atom. The summed E-state index contributed by atoms with van der Waals surface area (Å²) < 4.78 is 0. The van der Waals surface area contributed by atoms with Gasteiger partial charge in [-0.1, -0.05) is 6.07 Å². The van der Waals surface area contributed by atoms with E-state index < -0.39 is 0 Å². The lowest BCUT2D eigenvalue weighted by atomic mass is 10.1. The van der Waals surface area contributed by atoms with Gasteiger partial charge in [0.25, 0.3) is 0 Å². The minimum atomic E-state index is -0.202. The van der Waals surface area contributed by atoms with Gasteiger partial charge in [0.15, 0.2) is 0 Å². The molecule has 0 radical (unpaired) electrons. The van der Waals surface area contributed by atoms with Gasteiger partial charge in [-0.3, -0.25) is 9.69 Å². The molecule has 0 fully saturated rings. The highest BCUT2D eigenvalue weighted by Gasteiger charge is 2.24. The van der Waals surface area contributed by atoms with Gasteiger partial charge in [-0.25, -0.2) is 0 Å². The van der Waals surface area contributed by atoms with E-state index in [4.69, 9.17) is 5.73 Å². The Hall–Kier alpha value is -0.910. The third-order valence-corrected chi connectivity index (χ3v) is 4.12. The van der Waals surface area contributed by atoms with Crippen molar-refractivity contribution in [3.63, 3.8) is 0 Å². The number of carbonyl (C=O) groups is 1. The van der Waals surface area contributed by atoms with Gasteiger partial charge in [0.05, 0.1) is 0 Å². The van der Waals surface area contributed by atoms with E-state index in [1.165, 1.54) is 4.88 Å². The predicted molar refractivity (Wildman–Crippen MR) is 90.4 cm³/mol. The maximum atomic E-state index is 12.2.